The topological polar surface area (TPSA) is 43.6 Å². The molecular formula is C18H12F2N4. The molecule has 6 heteroatoms. The summed E-state index contributed by atoms with van der Waals surface area (Å²) in [6.45, 7) is 2.00. The zero-order valence-electron chi connectivity index (χ0n) is 12.7. The second-order valence-corrected chi connectivity index (χ2v) is 5.44. The Morgan fingerprint density at radius 2 is 1.79 bits per heavy atom. The summed E-state index contributed by atoms with van der Waals surface area (Å²) >= 11 is 0. The molecule has 0 atom stereocenters. The Bertz CT molecular complexity index is 1060. The van der Waals surface area contributed by atoms with Crippen LogP contribution in [0.25, 0.3) is 27.8 Å². The highest BCUT2D eigenvalue weighted by atomic mass is 19.2. The van der Waals surface area contributed by atoms with Gasteiger partial charge in [0, 0.05) is 35.6 Å². The molecule has 0 spiro atoms. The number of benzene rings is 1. The molecular weight excluding hydrogens is 310 g/mol. The van der Waals surface area contributed by atoms with E-state index in [1.807, 2.05) is 19.1 Å². The summed E-state index contributed by atoms with van der Waals surface area (Å²) in [4.78, 5) is 8.53. The van der Waals surface area contributed by atoms with Gasteiger partial charge in [-0.15, -0.1) is 0 Å². The molecule has 0 aliphatic carbocycles. The number of aromatic nitrogens is 4. The number of aryl methyl sites for hydroxylation is 1. The lowest BCUT2D eigenvalue weighted by molar-refractivity contribution is 0.507. The third kappa shape index (κ3) is 2.23. The summed E-state index contributed by atoms with van der Waals surface area (Å²) in [5.41, 5.74) is 3.99. The van der Waals surface area contributed by atoms with Gasteiger partial charge < -0.3 is 0 Å². The Balaban J connectivity index is 1.94. The second kappa shape index (κ2) is 5.49. The molecule has 0 aliphatic rings. The van der Waals surface area contributed by atoms with E-state index >= 15 is 0 Å². The first-order valence-electron chi connectivity index (χ1n) is 7.34. The molecule has 0 saturated carbocycles. The summed E-state index contributed by atoms with van der Waals surface area (Å²) in [6.07, 6.45) is 6.87. The Labute approximate surface area is 136 Å². The highest BCUT2D eigenvalue weighted by molar-refractivity contribution is 5.93. The minimum atomic E-state index is -0.921. The minimum absolute atomic E-state index is 0.413. The predicted octanol–water partition coefficient (Wildman–Crippen LogP) is 4.07. The van der Waals surface area contributed by atoms with Gasteiger partial charge in [0.15, 0.2) is 17.3 Å². The van der Waals surface area contributed by atoms with Crippen LogP contribution in [-0.2, 0) is 0 Å². The second-order valence-electron chi connectivity index (χ2n) is 5.44. The van der Waals surface area contributed by atoms with Crippen LogP contribution in [0.15, 0.2) is 55.1 Å². The van der Waals surface area contributed by atoms with Gasteiger partial charge in [-0.3, -0.25) is 4.98 Å². The van der Waals surface area contributed by atoms with Crippen molar-refractivity contribution in [1.82, 2.24) is 19.7 Å². The SMILES string of the molecule is Cc1ccncc1-c1ccnc2c1cnn2-c1ccc(F)c(F)c1. The highest BCUT2D eigenvalue weighted by Crippen LogP contribution is 2.30. The van der Waals surface area contributed by atoms with Crippen LogP contribution in [0.3, 0.4) is 0 Å². The molecule has 0 N–H and O–H groups in total. The average molecular weight is 322 g/mol. The van der Waals surface area contributed by atoms with Gasteiger partial charge in [0.25, 0.3) is 0 Å². The van der Waals surface area contributed by atoms with E-state index in [-0.39, 0.29) is 0 Å². The predicted molar refractivity (Wildman–Crippen MR) is 86.7 cm³/mol. The van der Waals surface area contributed by atoms with Gasteiger partial charge in [0.1, 0.15) is 0 Å². The van der Waals surface area contributed by atoms with Crippen molar-refractivity contribution < 1.29 is 8.78 Å². The van der Waals surface area contributed by atoms with E-state index in [4.69, 9.17) is 0 Å². The largest absolute Gasteiger partial charge is 0.264 e. The maximum atomic E-state index is 13.5. The van der Waals surface area contributed by atoms with Gasteiger partial charge in [-0.05, 0) is 42.3 Å². The summed E-state index contributed by atoms with van der Waals surface area (Å²) < 4.78 is 28.2. The van der Waals surface area contributed by atoms with E-state index in [0.717, 1.165) is 34.2 Å². The molecule has 0 bridgehead atoms. The fourth-order valence-corrected chi connectivity index (χ4v) is 2.71. The van der Waals surface area contributed by atoms with E-state index in [2.05, 4.69) is 15.1 Å². The molecule has 4 aromatic rings. The van der Waals surface area contributed by atoms with Crippen molar-refractivity contribution in [3.8, 4) is 16.8 Å². The molecule has 24 heavy (non-hydrogen) atoms. The number of nitrogens with zero attached hydrogens (tertiary/aromatic N) is 4. The molecule has 0 saturated heterocycles. The van der Waals surface area contributed by atoms with Crippen molar-refractivity contribution in [2.24, 2.45) is 0 Å². The van der Waals surface area contributed by atoms with Gasteiger partial charge in [0.2, 0.25) is 0 Å². The Hall–Kier alpha value is -3.15. The van der Waals surface area contributed by atoms with Crippen LogP contribution in [0.2, 0.25) is 0 Å². The van der Waals surface area contributed by atoms with Crippen LogP contribution < -0.4 is 0 Å². The quantitative estimate of drug-likeness (QED) is 0.559. The fraction of sp³-hybridized carbons (Fsp3) is 0.0556. The molecule has 0 unspecified atom stereocenters. The molecule has 0 radical (unpaired) electrons. The highest BCUT2D eigenvalue weighted by Gasteiger charge is 2.13. The number of halogens is 2. The first kappa shape index (κ1) is 14.4. The lowest BCUT2D eigenvalue weighted by Crippen LogP contribution is -1.99. The van der Waals surface area contributed by atoms with Crippen LogP contribution >= 0.6 is 0 Å². The van der Waals surface area contributed by atoms with Crippen LogP contribution in [0.5, 0.6) is 0 Å². The molecule has 0 aliphatic heterocycles. The number of rotatable bonds is 2. The van der Waals surface area contributed by atoms with Gasteiger partial charge in [-0.25, -0.2) is 18.4 Å². The van der Waals surface area contributed by atoms with Crippen molar-refractivity contribution in [2.75, 3.05) is 0 Å². The molecule has 0 fully saturated rings. The fourth-order valence-electron chi connectivity index (χ4n) is 2.71. The van der Waals surface area contributed by atoms with Crippen LogP contribution in [0, 0.1) is 18.6 Å². The maximum Gasteiger partial charge on any atom is 0.163 e. The molecule has 4 rings (SSSR count). The first-order chi connectivity index (χ1) is 11.6. The number of pyridine rings is 2. The Morgan fingerprint density at radius 1 is 0.917 bits per heavy atom. The minimum Gasteiger partial charge on any atom is -0.264 e. The zero-order chi connectivity index (χ0) is 16.7. The third-order valence-electron chi connectivity index (χ3n) is 3.95. The van der Waals surface area contributed by atoms with Crippen molar-refractivity contribution in [1.29, 1.82) is 0 Å². The van der Waals surface area contributed by atoms with Crippen molar-refractivity contribution >= 4 is 11.0 Å². The van der Waals surface area contributed by atoms with Gasteiger partial charge >= 0.3 is 0 Å². The van der Waals surface area contributed by atoms with Crippen LogP contribution in [-0.4, -0.2) is 19.7 Å². The molecule has 0 amide bonds. The van der Waals surface area contributed by atoms with E-state index < -0.39 is 11.6 Å². The Morgan fingerprint density at radius 3 is 2.58 bits per heavy atom. The zero-order valence-corrected chi connectivity index (χ0v) is 12.7. The standard InChI is InChI=1S/C18H12F2N4/c1-11-4-6-21-9-14(11)13-5-7-22-18-15(13)10-23-24(18)12-2-3-16(19)17(20)8-12/h2-10H,1H3. The average Bonchev–Trinajstić information content (AvgIpc) is 3.02. The first-order valence-corrected chi connectivity index (χ1v) is 7.34. The van der Waals surface area contributed by atoms with Gasteiger partial charge in [0.05, 0.1) is 11.9 Å². The number of hydrogen-bond donors (Lipinski definition) is 0. The molecule has 4 nitrogen and oxygen atoms in total. The molecule has 1 aromatic carbocycles. The van der Waals surface area contributed by atoms with E-state index in [1.165, 1.54) is 10.7 Å². The van der Waals surface area contributed by atoms with Crippen molar-refractivity contribution in [3.63, 3.8) is 0 Å². The monoisotopic (exact) mass is 322 g/mol. The summed E-state index contributed by atoms with van der Waals surface area (Å²) in [5.74, 6) is -1.81. The lowest BCUT2D eigenvalue weighted by Gasteiger charge is -2.07. The van der Waals surface area contributed by atoms with E-state index in [1.54, 1.807) is 24.8 Å². The van der Waals surface area contributed by atoms with E-state index in [9.17, 15) is 8.78 Å². The molecule has 3 heterocycles. The van der Waals surface area contributed by atoms with Gasteiger partial charge in [-0.2, -0.15) is 5.10 Å². The molecule has 118 valence electrons. The van der Waals surface area contributed by atoms with Crippen LogP contribution in [0.1, 0.15) is 5.56 Å². The lowest BCUT2D eigenvalue weighted by atomic mass is 10.0. The van der Waals surface area contributed by atoms with Gasteiger partial charge in [-0.1, -0.05) is 0 Å². The summed E-state index contributed by atoms with van der Waals surface area (Å²) in [7, 11) is 0. The number of fused-ring (bicyclic) bond motifs is 1. The van der Waals surface area contributed by atoms with Crippen LogP contribution in [0.4, 0.5) is 8.78 Å². The maximum absolute atomic E-state index is 13.5. The van der Waals surface area contributed by atoms with Crippen molar-refractivity contribution in [3.05, 3.63) is 72.3 Å². The summed E-state index contributed by atoms with van der Waals surface area (Å²) in [6, 6.07) is 7.47. The third-order valence-corrected chi connectivity index (χ3v) is 3.95. The Kier molecular flexibility index (Phi) is 3.30. The smallest absolute Gasteiger partial charge is 0.163 e. The number of hydrogen-bond acceptors (Lipinski definition) is 3. The van der Waals surface area contributed by atoms with Crippen molar-refractivity contribution in [2.45, 2.75) is 6.92 Å². The molecule has 3 aromatic heterocycles. The van der Waals surface area contributed by atoms with E-state index in [0.29, 0.717) is 11.3 Å². The summed E-state index contributed by atoms with van der Waals surface area (Å²) in [5, 5.41) is 5.11. The normalized spacial score (nSPS) is 11.1.